The van der Waals surface area contributed by atoms with Crippen LogP contribution in [-0.4, -0.2) is 30.6 Å². The Balaban J connectivity index is 3.71. The summed E-state index contributed by atoms with van der Waals surface area (Å²) in [5.41, 5.74) is 0.974. The standard InChI is InChI=1S/C6H15Si.Sn/c1-6(2)7(3,4)5;/h6H,3H2,1-2,4-5H3;/q;+3. The molecule has 0 aromatic heterocycles. The van der Waals surface area contributed by atoms with E-state index in [4.69, 9.17) is 0 Å². The third-order valence-corrected chi connectivity index (χ3v) is 13.9. The van der Waals surface area contributed by atoms with Crippen molar-refractivity contribution in [2.24, 2.45) is 0 Å². The maximum absolute atomic E-state index is 2.48. The SMILES string of the molecule is CC(C)[Si](C)(C)[CH2][Sn+3]. The molecule has 0 aromatic rings. The molecule has 8 heavy (non-hydrogen) atoms. The van der Waals surface area contributed by atoms with Gasteiger partial charge in [0.15, 0.2) is 0 Å². The molecule has 0 saturated carbocycles. The maximum atomic E-state index is 2.48. The Morgan fingerprint density at radius 2 is 1.75 bits per heavy atom. The molecule has 0 rings (SSSR count). The molecule has 0 fully saturated rings. The summed E-state index contributed by atoms with van der Waals surface area (Å²) in [5, 5.41) is 0. The monoisotopic (exact) mass is 235 g/mol. The topological polar surface area (TPSA) is 0 Å². The van der Waals surface area contributed by atoms with Crippen LogP contribution in [0.4, 0.5) is 0 Å². The summed E-state index contributed by atoms with van der Waals surface area (Å²) in [7, 11) is -0.715. The molecule has 0 radical (unpaired) electrons. The molecule has 0 aromatic carbocycles. The van der Waals surface area contributed by atoms with Gasteiger partial charge in [-0.25, -0.2) is 0 Å². The number of rotatable bonds is 2. The molecule has 0 spiro atoms. The first kappa shape index (κ1) is 9.02. The van der Waals surface area contributed by atoms with Crippen LogP contribution in [0.5, 0.6) is 0 Å². The van der Waals surface area contributed by atoms with Crippen molar-refractivity contribution in [3.05, 3.63) is 0 Å². The van der Waals surface area contributed by atoms with Crippen LogP contribution in [0.2, 0.25) is 22.7 Å². The zero-order valence-electron chi connectivity index (χ0n) is 6.28. The molecule has 0 unspecified atom stereocenters. The quantitative estimate of drug-likeness (QED) is 0.642. The van der Waals surface area contributed by atoms with Crippen molar-refractivity contribution in [2.75, 3.05) is 0 Å². The Labute approximate surface area is 67.2 Å². The molecule has 0 atom stereocenters. The van der Waals surface area contributed by atoms with Crippen LogP contribution in [0.1, 0.15) is 13.8 Å². The fourth-order valence-electron chi connectivity index (χ4n) is 0.204. The molecule has 0 amide bonds. The molecule has 0 bridgehead atoms. The van der Waals surface area contributed by atoms with E-state index in [9.17, 15) is 0 Å². The van der Waals surface area contributed by atoms with Gasteiger partial charge in [0.1, 0.15) is 0 Å². The first-order valence-electron chi connectivity index (χ1n) is 3.15. The van der Waals surface area contributed by atoms with Crippen LogP contribution in [-0.2, 0) is 0 Å². The van der Waals surface area contributed by atoms with E-state index in [1.807, 2.05) is 0 Å². The fourth-order valence-corrected chi connectivity index (χ4v) is 4.11. The van der Waals surface area contributed by atoms with Gasteiger partial charge in [-0.1, -0.05) is 0 Å². The molecule has 2 heteroatoms. The van der Waals surface area contributed by atoms with Crippen molar-refractivity contribution in [1.82, 2.24) is 0 Å². The summed E-state index contributed by atoms with van der Waals surface area (Å²) in [6, 6.07) is 0. The average molecular weight is 234 g/mol. The van der Waals surface area contributed by atoms with Gasteiger partial charge in [-0.3, -0.25) is 0 Å². The van der Waals surface area contributed by atoms with Gasteiger partial charge in [0.2, 0.25) is 0 Å². The van der Waals surface area contributed by atoms with Gasteiger partial charge >= 0.3 is 67.1 Å². The molecule has 0 aliphatic heterocycles. The third-order valence-electron chi connectivity index (χ3n) is 2.02. The summed E-state index contributed by atoms with van der Waals surface area (Å²) in [6.45, 7) is 9.67. The van der Waals surface area contributed by atoms with Crippen molar-refractivity contribution in [3.8, 4) is 0 Å². The first-order chi connectivity index (χ1) is 3.50. The van der Waals surface area contributed by atoms with Crippen molar-refractivity contribution >= 4 is 30.6 Å². The van der Waals surface area contributed by atoms with Crippen molar-refractivity contribution < 1.29 is 0 Å². The average Bonchev–Trinajstić information content (AvgIpc) is 1.67. The number of hydrogen-bond acceptors (Lipinski definition) is 0. The summed E-state index contributed by atoms with van der Waals surface area (Å²) >= 11 is 1.73. The zero-order valence-corrected chi connectivity index (χ0v) is 10.1. The second kappa shape index (κ2) is 3.25. The van der Waals surface area contributed by atoms with E-state index in [1.165, 1.54) is 4.06 Å². The summed E-state index contributed by atoms with van der Waals surface area (Å²) in [4.78, 5) is 0. The Morgan fingerprint density at radius 1 is 1.38 bits per heavy atom. The van der Waals surface area contributed by atoms with Gasteiger partial charge in [-0.05, 0) is 0 Å². The normalized spacial score (nSPS) is 12.9. The van der Waals surface area contributed by atoms with Crippen molar-refractivity contribution in [2.45, 2.75) is 36.5 Å². The summed E-state index contributed by atoms with van der Waals surface area (Å²) < 4.78 is 1.51. The van der Waals surface area contributed by atoms with Gasteiger partial charge in [0, 0.05) is 0 Å². The summed E-state index contributed by atoms with van der Waals surface area (Å²) in [5.74, 6) is 0. The minimum absolute atomic E-state index is 0.715. The Kier molecular flexibility index (Phi) is 3.66. The van der Waals surface area contributed by atoms with E-state index in [2.05, 4.69) is 26.9 Å². The third kappa shape index (κ3) is 2.53. The second-order valence-corrected chi connectivity index (χ2v) is 11.8. The Morgan fingerprint density at radius 3 is 1.75 bits per heavy atom. The van der Waals surface area contributed by atoms with Crippen molar-refractivity contribution in [1.29, 1.82) is 0 Å². The van der Waals surface area contributed by atoms with Gasteiger partial charge in [-0.2, -0.15) is 0 Å². The predicted octanol–water partition coefficient (Wildman–Crippen LogP) is 2.23. The molecule has 0 heterocycles. The Hall–Kier alpha value is 1.02. The van der Waals surface area contributed by atoms with Crippen LogP contribution in [0, 0.1) is 0 Å². The van der Waals surface area contributed by atoms with E-state index >= 15 is 0 Å². The van der Waals surface area contributed by atoms with E-state index in [0.29, 0.717) is 0 Å². The van der Waals surface area contributed by atoms with Crippen LogP contribution >= 0.6 is 0 Å². The molecule has 0 aliphatic rings. The predicted molar refractivity (Wildman–Crippen MR) is 43.1 cm³/mol. The minimum atomic E-state index is -0.715. The molecule has 0 nitrogen and oxygen atoms in total. The Bertz CT molecular complexity index is 68.9. The van der Waals surface area contributed by atoms with Crippen LogP contribution in [0.15, 0.2) is 0 Å². The molecule has 44 valence electrons. The van der Waals surface area contributed by atoms with E-state index < -0.39 is 8.07 Å². The molecule has 0 aliphatic carbocycles. The molecular formula is C6H15SiSn+3. The van der Waals surface area contributed by atoms with Gasteiger partial charge in [0.05, 0.1) is 0 Å². The molecular weight excluding hydrogens is 219 g/mol. The summed E-state index contributed by atoms with van der Waals surface area (Å²) in [6.07, 6.45) is 0. The second-order valence-electron chi connectivity index (χ2n) is 3.32. The van der Waals surface area contributed by atoms with E-state index in [1.54, 1.807) is 22.5 Å². The van der Waals surface area contributed by atoms with Crippen molar-refractivity contribution in [3.63, 3.8) is 0 Å². The molecule has 0 saturated heterocycles. The zero-order chi connectivity index (χ0) is 6.78. The van der Waals surface area contributed by atoms with Gasteiger partial charge < -0.3 is 0 Å². The van der Waals surface area contributed by atoms with E-state index in [0.717, 1.165) is 5.54 Å². The molecule has 0 N–H and O–H groups in total. The van der Waals surface area contributed by atoms with Crippen LogP contribution in [0.25, 0.3) is 0 Å². The van der Waals surface area contributed by atoms with Gasteiger partial charge in [-0.15, -0.1) is 0 Å². The first-order valence-corrected chi connectivity index (χ1v) is 8.45. The van der Waals surface area contributed by atoms with Crippen LogP contribution < -0.4 is 0 Å². The van der Waals surface area contributed by atoms with E-state index in [-0.39, 0.29) is 0 Å². The van der Waals surface area contributed by atoms with Crippen LogP contribution in [0.3, 0.4) is 0 Å². The number of hydrogen-bond donors (Lipinski definition) is 0. The van der Waals surface area contributed by atoms with Gasteiger partial charge in [0.25, 0.3) is 0 Å². The fraction of sp³-hybridized carbons (Fsp3) is 1.00.